The van der Waals surface area contributed by atoms with Crippen molar-refractivity contribution >= 4 is 33.1 Å². The van der Waals surface area contributed by atoms with Crippen molar-refractivity contribution in [2.24, 2.45) is 0 Å². The highest BCUT2D eigenvalue weighted by Gasteiger charge is 2.13. The second-order valence-electron chi connectivity index (χ2n) is 6.66. The number of para-hydroxylation sites is 1. The molecule has 0 radical (unpaired) electrons. The maximum Gasteiger partial charge on any atom is 0.168 e. The fourth-order valence-electron chi connectivity index (χ4n) is 3.31. The van der Waals surface area contributed by atoms with Gasteiger partial charge in [0.15, 0.2) is 5.78 Å². The Hall–Kier alpha value is -3.20. The van der Waals surface area contributed by atoms with E-state index in [4.69, 9.17) is 4.98 Å². The van der Waals surface area contributed by atoms with Crippen LogP contribution >= 0.6 is 0 Å². The Morgan fingerprint density at radius 2 is 1.42 bits per heavy atom. The van der Waals surface area contributed by atoms with Crippen LogP contribution in [0.2, 0.25) is 0 Å². The molecular weight excluding hydrogens is 320 g/mol. The SMILES string of the molecule is CN(C)c1ccc(C(=O)Cc2nc3ccccc3c3ccccc23)cc1. The summed E-state index contributed by atoms with van der Waals surface area (Å²) in [5, 5.41) is 3.31. The van der Waals surface area contributed by atoms with Gasteiger partial charge < -0.3 is 4.90 Å². The summed E-state index contributed by atoms with van der Waals surface area (Å²) in [7, 11) is 3.98. The molecule has 0 amide bonds. The van der Waals surface area contributed by atoms with E-state index in [0.29, 0.717) is 6.42 Å². The topological polar surface area (TPSA) is 33.2 Å². The first-order valence-electron chi connectivity index (χ1n) is 8.70. The Kier molecular flexibility index (Phi) is 4.13. The van der Waals surface area contributed by atoms with Gasteiger partial charge >= 0.3 is 0 Å². The lowest BCUT2D eigenvalue weighted by Gasteiger charge is -2.13. The Labute approximate surface area is 152 Å². The highest BCUT2D eigenvalue weighted by Crippen LogP contribution is 2.27. The van der Waals surface area contributed by atoms with E-state index in [2.05, 4.69) is 12.1 Å². The molecule has 128 valence electrons. The fourth-order valence-corrected chi connectivity index (χ4v) is 3.31. The van der Waals surface area contributed by atoms with Gasteiger partial charge in [0.2, 0.25) is 0 Å². The lowest BCUT2D eigenvalue weighted by molar-refractivity contribution is 0.0992. The normalized spacial score (nSPS) is 11.0. The van der Waals surface area contributed by atoms with Gasteiger partial charge in [-0.1, -0.05) is 42.5 Å². The predicted octanol–water partition coefficient (Wildman–Crippen LogP) is 4.88. The van der Waals surface area contributed by atoms with Crippen LogP contribution in [-0.2, 0) is 6.42 Å². The van der Waals surface area contributed by atoms with E-state index >= 15 is 0 Å². The fraction of sp³-hybridized carbons (Fsp3) is 0.130. The van der Waals surface area contributed by atoms with Gasteiger partial charge in [-0.2, -0.15) is 0 Å². The number of carbonyl (C=O) groups excluding carboxylic acids is 1. The van der Waals surface area contributed by atoms with E-state index in [1.807, 2.05) is 79.7 Å². The minimum atomic E-state index is 0.0863. The van der Waals surface area contributed by atoms with E-state index in [9.17, 15) is 4.79 Å². The molecule has 3 heteroatoms. The number of Topliss-reactive ketones (excluding diaryl/α,β-unsaturated/α-hetero) is 1. The average molecular weight is 340 g/mol. The third-order valence-electron chi connectivity index (χ3n) is 4.72. The predicted molar refractivity (Wildman–Crippen MR) is 108 cm³/mol. The van der Waals surface area contributed by atoms with Crippen molar-refractivity contribution in [2.75, 3.05) is 19.0 Å². The number of aromatic nitrogens is 1. The van der Waals surface area contributed by atoms with Gasteiger partial charge in [-0.3, -0.25) is 9.78 Å². The van der Waals surface area contributed by atoms with Crippen LogP contribution in [0.3, 0.4) is 0 Å². The van der Waals surface area contributed by atoms with Gasteiger partial charge in [-0.25, -0.2) is 0 Å². The van der Waals surface area contributed by atoms with Crippen LogP contribution < -0.4 is 4.90 Å². The van der Waals surface area contributed by atoms with Gasteiger partial charge in [-0.05, 0) is 35.7 Å². The smallest absolute Gasteiger partial charge is 0.168 e. The van der Waals surface area contributed by atoms with Crippen molar-refractivity contribution in [3.8, 4) is 0 Å². The number of hydrogen-bond acceptors (Lipinski definition) is 3. The minimum Gasteiger partial charge on any atom is -0.378 e. The summed E-state index contributed by atoms with van der Waals surface area (Å²) in [6, 6.07) is 24.0. The second-order valence-corrected chi connectivity index (χ2v) is 6.66. The summed E-state index contributed by atoms with van der Waals surface area (Å²) < 4.78 is 0. The zero-order valence-electron chi connectivity index (χ0n) is 14.9. The standard InChI is InChI=1S/C23H20N2O/c1-25(2)17-13-11-16(12-14-17)23(26)15-22-20-9-4-3-7-18(20)19-8-5-6-10-21(19)24-22/h3-14H,15H2,1-2H3. The van der Waals surface area contributed by atoms with Gasteiger partial charge in [-0.15, -0.1) is 0 Å². The maximum absolute atomic E-state index is 12.8. The Balaban J connectivity index is 1.75. The quantitative estimate of drug-likeness (QED) is 0.392. The number of benzene rings is 3. The van der Waals surface area contributed by atoms with Gasteiger partial charge in [0.1, 0.15) is 0 Å². The summed E-state index contributed by atoms with van der Waals surface area (Å²) in [5.74, 6) is 0.0863. The molecule has 0 unspecified atom stereocenters. The van der Waals surface area contributed by atoms with E-state index in [-0.39, 0.29) is 5.78 Å². The minimum absolute atomic E-state index is 0.0863. The zero-order chi connectivity index (χ0) is 18.1. The molecule has 0 saturated heterocycles. The molecule has 0 N–H and O–H groups in total. The Bertz CT molecular complexity index is 1100. The number of nitrogens with zero attached hydrogens (tertiary/aromatic N) is 2. The molecule has 0 fully saturated rings. The molecule has 1 aromatic heterocycles. The van der Waals surface area contributed by atoms with Crippen molar-refractivity contribution in [1.29, 1.82) is 0 Å². The summed E-state index contributed by atoms with van der Waals surface area (Å²) in [5.41, 5.74) is 3.56. The van der Waals surface area contributed by atoms with Crippen molar-refractivity contribution in [3.05, 3.63) is 84.1 Å². The molecule has 0 aliphatic heterocycles. The van der Waals surface area contributed by atoms with E-state index in [1.165, 1.54) is 0 Å². The van der Waals surface area contributed by atoms with Crippen LogP contribution in [0.5, 0.6) is 0 Å². The third-order valence-corrected chi connectivity index (χ3v) is 4.72. The molecule has 0 bridgehead atoms. The van der Waals surface area contributed by atoms with Crippen molar-refractivity contribution in [1.82, 2.24) is 4.98 Å². The molecular formula is C23H20N2O. The number of ketones is 1. The second kappa shape index (κ2) is 6.60. The van der Waals surface area contributed by atoms with Gasteiger partial charge in [0.05, 0.1) is 17.6 Å². The van der Waals surface area contributed by atoms with Gasteiger partial charge in [0.25, 0.3) is 0 Å². The molecule has 3 aromatic carbocycles. The highest BCUT2D eigenvalue weighted by molar-refractivity contribution is 6.08. The molecule has 0 aliphatic carbocycles. The first-order valence-corrected chi connectivity index (χ1v) is 8.70. The number of carbonyl (C=O) groups is 1. The summed E-state index contributed by atoms with van der Waals surface area (Å²) >= 11 is 0. The van der Waals surface area contributed by atoms with Gasteiger partial charge in [0, 0.05) is 36.1 Å². The lowest BCUT2D eigenvalue weighted by Crippen LogP contribution is -2.10. The summed E-state index contributed by atoms with van der Waals surface area (Å²) in [6.07, 6.45) is 0.298. The van der Waals surface area contributed by atoms with Crippen molar-refractivity contribution in [2.45, 2.75) is 6.42 Å². The summed E-state index contributed by atoms with van der Waals surface area (Å²) in [4.78, 5) is 19.6. The number of fused-ring (bicyclic) bond motifs is 3. The molecule has 0 spiro atoms. The van der Waals surface area contributed by atoms with Crippen LogP contribution in [0.4, 0.5) is 5.69 Å². The lowest BCUT2D eigenvalue weighted by atomic mass is 9.99. The monoisotopic (exact) mass is 340 g/mol. The molecule has 0 aliphatic rings. The number of anilines is 1. The molecule has 1 heterocycles. The van der Waals surface area contributed by atoms with Crippen LogP contribution in [0.25, 0.3) is 21.7 Å². The van der Waals surface area contributed by atoms with Crippen LogP contribution in [0.15, 0.2) is 72.8 Å². The van der Waals surface area contributed by atoms with E-state index in [0.717, 1.165) is 38.6 Å². The Morgan fingerprint density at radius 3 is 2.12 bits per heavy atom. The van der Waals surface area contributed by atoms with Crippen LogP contribution in [0, 0.1) is 0 Å². The van der Waals surface area contributed by atoms with Crippen LogP contribution in [-0.4, -0.2) is 24.9 Å². The van der Waals surface area contributed by atoms with E-state index < -0.39 is 0 Å². The first-order chi connectivity index (χ1) is 12.6. The molecule has 4 rings (SSSR count). The number of pyridine rings is 1. The van der Waals surface area contributed by atoms with Crippen molar-refractivity contribution in [3.63, 3.8) is 0 Å². The van der Waals surface area contributed by atoms with E-state index in [1.54, 1.807) is 0 Å². The van der Waals surface area contributed by atoms with Crippen molar-refractivity contribution < 1.29 is 4.79 Å². The largest absolute Gasteiger partial charge is 0.378 e. The molecule has 3 nitrogen and oxygen atoms in total. The number of rotatable bonds is 4. The third kappa shape index (κ3) is 2.92. The highest BCUT2D eigenvalue weighted by atomic mass is 16.1. The molecule has 0 saturated carbocycles. The zero-order valence-corrected chi connectivity index (χ0v) is 14.9. The number of hydrogen-bond donors (Lipinski definition) is 0. The molecule has 0 atom stereocenters. The molecule has 4 aromatic rings. The first kappa shape index (κ1) is 16.3. The van der Waals surface area contributed by atoms with Crippen LogP contribution in [0.1, 0.15) is 16.1 Å². The molecule has 26 heavy (non-hydrogen) atoms. The average Bonchev–Trinajstić information content (AvgIpc) is 2.68. The summed E-state index contributed by atoms with van der Waals surface area (Å²) in [6.45, 7) is 0. The maximum atomic E-state index is 12.8. The Morgan fingerprint density at radius 1 is 0.808 bits per heavy atom.